The summed E-state index contributed by atoms with van der Waals surface area (Å²) in [7, 11) is 0. The van der Waals surface area contributed by atoms with Crippen LogP contribution in [0.5, 0.6) is 5.75 Å². The number of nitrogens with one attached hydrogen (secondary N) is 1. The third-order valence-electron chi connectivity index (χ3n) is 2.17. The van der Waals surface area contributed by atoms with Crippen LogP contribution in [0.4, 0.5) is 5.69 Å². The summed E-state index contributed by atoms with van der Waals surface area (Å²) >= 11 is 0. The predicted molar refractivity (Wildman–Crippen MR) is 45.2 cm³/mol. The average molecular weight is 163 g/mol. The van der Waals surface area contributed by atoms with Gasteiger partial charge in [0.05, 0.1) is 5.92 Å². The van der Waals surface area contributed by atoms with Gasteiger partial charge < -0.3 is 10.4 Å². The molecule has 0 fully saturated rings. The molecule has 3 heteroatoms. The minimum Gasteiger partial charge on any atom is -0.508 e. The van der Waals surface area contributed by atoms with Gasteiger partial charge in [0.2, 0.25) is 5.91 Å². The number of carbonyl (C=O) groups is 1. The van der Waals surface area contributed by atoms with Crippen molar-refractivity contribution >= 4 is 11.6 Å². The van der Waals surface area contributed by atoms with E-state index in [1.54, 1.807) is 25.1 Å². The minimum atomic E-state index is -0.235. The molecule has 2 rings (SSSR count). The molecule has 12 heavy (non-hydrogen) atoms. The zero-order chi connectivity index (χ0) is 8.72. The summed E-state index contributed by atoms with van der Waals surface area (Å²) in [6.45, 7) is 1.78. The number of hydrogen-bond donors (Lipinski definition) is 2. The first-order valence-electron chi connectivity index (χ1n) is 3.83. The second kappa shape index (κ2) is 2.24. The number of aromatic hydroxyl groups is 1. The van der Waals surface area contributed by atoms with Gasteiger partial charge in [-0.05, 0) is 19.1 Å². The van der Waals surface area contributed by atoms with Crippen LogP contribution in [0.1, 0.15) is 18.4 Å². The molecule has 2 N–H and O–H groups in total. The second-order valence-corrected chi connectivity index (χ2v) is 2.95. The molecule has 3 nitrogen and oxygen atoms in total. The number of anilines is 1. The van der Waals surface area contributed by atoms with Crippen molar-refractivity contribution in [2.24, 2.45) is 0 Å². The molecular formula is C9H9NO2. The van der Waals surface area contributed by atoms with Crippen LogP contribution in [0, 0.1) is 0 Å². The fourth-order valence-electron chi connectivity index (χ4n) is 1.49. The van der Waals surface area contributed by atoms with Crippen molar-refractivity contribution in [3.05, 3.63) is 23.8 Å². The lowest BCUT2D eigenvalue weighted by Gasteiger charge is -2.02. The Hall–Kier alpha value is -1.51. The fourth-order valence-corrected chi connectivity index (χ4v) is 1.49. The third-order valence-corrected chi connectivity index (χ3v) is 2.17. The van der Waals surface area contributed by atoms with Crippen molar-refractivity contribution in [3.63, 3.8) is 0 Å². The van der Waals surface area contributed by atoms with Gasteiger partial charge >= 0.3 is 0 Å². The second-order valence-electron chi connectivity index (χ2n) is 2.95. The standard InChI is InChI=1S/C9H9NO2/c1-5-8-6(10-9(5)12)3-2-4-7(8)11/h2-5,11H,1H3,(H,10,12)/t5-/m1/s1. The summed E-state index contributed by atoms with van der Waals surface area (Å²) in [5, 5.41) is 12.1. The molecule has 0 saturated carbocycles. The lowest BCUT2D eigenvalue weighted by atomic mass is 10.0. The summed E-state index contributed by atoms with van der Waals surface area (Å²) in [5.41, 5.74) is 1.44. The number of rotatable bonds is 0. The molecule has 0 aromatic heterocycles. The van der Waals surface area contributed by atoms with Gasteiger partial charge in [0, 0.05) is 11.3 Å². The van der Waals surface area contributed by atoms with Gasteiger partial charge in [-0.1, -0.05) is 6.07 Å². The highest BCUT2D eigenvalue weighted by Crippen LogP contribution is 2.37. The molecule has 0 unspecified atom stereocenters. The van der Waals surface area contributed by atoms with E-state index in [1.807, 2.05) is 0 Å². The van der Waals surface area contributed by atoms with Crippen molar-refractivity contribution < 1.29 is 9.90 Å². The van der Waals surface area contributed by atoms with Gasteiger partial charge in [-0.3, -0.25) is 4.79 Å². The maximum absolute atomic E-state index is 11.2. The van der Waals surface area contributed by atoms with E-state index < -0.39 is 0 Å². The quantitative estimate of drug-likeness (QED) is 0.608. The largest absolute Gasteiger partial charge is 0.508 e. The Balaban J connectivity index is 2.62. The Morgan fingerprint density at radius 1 is 1.50 bits per heavy atom. The summed E-state index contributed by atoms with van der Waals surface area (Å²) in [5.74, 6) is -0.0916. The van der Waals surface area contributed by atoms with Crippen LogP contribution in [0.2, 0.25) is 0 Å². The summed E-state index contributed by atoms with van der Waals surface area (Å²) in [6, 6.07) is 5.10. The van der Waals surface area contributed by atoms with Crippen molar-refractivity contribution in [1.29, 1.82) is 0 Å². The molecule has 1 aliphatic heterocycles. The van der Waals surface area contributed by atoms with E-state index in [2.05, 4.69) is 5.32 Å². The monoisotopic (exact) mass is 163 g/mol. The molecule has 1 aliphatic rings. The van der Waals surface area contributed by atoms with Gasteiger partial charge in [-0.15, -0.1) is 0 Å². The van der Waals surface area contributed by atoms with Gasteiger partial charge in [0.1, 0.15) is 5.75 Å². The Bertz CT molecular complexity index is 346. The van der Waals surface area contributed by atoms with E-state index in [0.717, 1.165) is 5.69 Å². The lowest BCUT2D eigenvalue weighted by molar-refractivity contribution is -0.116. The molecule has 0 aliphatic carbocycles. The molecular weight excluding hydrogens is 154 g/mol. The van der Waals surface area contributed by atoms with Crippen LogP contribution in [0.25, 0.3) is 0 Å². The number of hydrogen-bond acceptors (Lipinski definition) is 2. The fraction of sp³-hybridized carbons (Fsp3) is 0.222. The SMILES string of the molecule is C[C@H]1C(=O)Nc2cccc(O)c21. The summed E-state index contributed by atoms with van der Waals surface area (Å²) in [6.07, 6.45) is 0. The van der Waals surface area contributed by atoms with Crippen molar-refractivity contribution in [2.45, 2.75) is 12.8 Å². The van der Waals surface area contributed by atoms with E-state index in [-0.39, 0.29) is 17.6 Å². The van der Waals surface area contributed by atoms with E-state index in [1.165, 1.54) is 0 Å². The molecule has 1 heterocycles. The molecule has 0 bridgehead atoms. The zero-order valence-electron chi connectivity index (χ0n) is 6.66. The maximum Gasteiger partial charge on any atom is 0.231 e. The van der Waals surface area contributed by atoms with E-state index in [9.17, 15) is 9.90 Å². The van der Waals surface area contributed by atoms with Crippen LogP contribution in [-0.4, -0.2) is 11.0 Å². The molecule has 1 atom stereocenters. The Morgan fingerprint density at radius 2 is 2.25 bits per heavy atom. The van der Waals surface area contributed by atoms with Gasteiger partial charge in [0.15, 0.2) is 0 Å². The van der Waals surface area contributed by atoms with Crippen LogP contribution >= 0.6 is 0 Å². The first kappa shape index (κ1) is 7.16. The first-order valence-corrected chi connectivity index (χ1v) is 3.83. The van der Waals surface area contributed by atoms with Crippen molar-refractivity contribution in [2.75, 3.05) is 5.32 Å². The van der Waals surface area contributed by atoms with E-state index in [0.29, 0.717) is 5.56 Å². The number of benzene rings is 1. The van der Waals surface area contributed by atoms with Gasteiger partial charge in [-0.25, -0.2) is 0 Å². The Labute approximate surface area is 70.0 Å². The molecule has 1 amide bonds. The smallest absolute Gasteiger partial charge is 0.231 e. The van der Waals surface area contributed by atoms with Crippen LogP contribution < -0.4 is 5.32 Å². The molecule has 1 aromatic carbocycles. The number of amides is 1. The van der Waals surface area contributed by atoms with Gasteiger partial charge in [-0.2, -0.15) is 0 Å². The molecule has 0 spiro atoms. The van der Waals surface area contributed by atoms with Crippen molar-refractivity contribution in [1.82, 2.24) is 0 Å². The predicted octanol–water partition coefficient (Wildman–Crippen LogP) is 1.45. The Kier molecular flexibility index (Phi) is 1.33. The first-order chi connectivity index (χ1) is 5.70. The highest BCUT2D eigenvalue weighted by Gasteiger charge is 2.28. The average Bonchev–Trinajstić information content (AvgIpc) is 2.29. The lowest BCUT2D eigenvalue weighted by Crippen LogP contribution is -2.08. The highest BCUT2D eigenvalue weighted by atomic mass is 16.3. The Morgan fingerprint density at radius 3 is 2.92 bits per heavy atom. The van der Waals surface area contributed by atoms with E-state index >= 15 is 0 Å². The molecule has 0 radical (unpaired) electrons. The zero-order valence-corrected chi connectivity index (χ0v) is 6.66. The molecule has 1 aromatic rings. The third kappa shape index (κ3) is 0.794. The topological polar surface area (TPSA) is 49.3 Å². The van der Waals surface area contributed by atoms with Crippen molar-refractivity contribution in [3.8, 4) is 5.75 Å². The molecule has 0 saturated heterocycles. The highest BCUT2D eigenvalue weighted by molar-refractivity contribution is 6.03. The number of fused-ring (bicyclic) bond motifs is 1. The number of phenols is 1. The number of phenolic OH excluding ortho intramolecular Hbond substituents is 1. The molecule has 62 valence electrons. The maximum atomic E-state index is 11.2. The van der Waals surface area contributed by atoms with Gasteiger partial charge in [0.25, 0.3) is 0 Å². The van der Waals surface area contributed by atoms with Crippen LogP contribution in [0.15, 0.2) is 18.2 Å². The normalized spacial score (nSPS) is 20.4. The summed E-state index contributed by atoms with van der Waals surface area (Å²) in [4.78, 5) is 11.2. The number of carbonyl (C=O) groups excluding carboxylic acids is 1. The van der Waals surface area contributed by atoms with Crippen LogP contribution in [-0.2, 0) is 4.79 Å². The summed E-state index contributed by atoms with van der Waals surface area (Å²) < 4.78 is 0. The van der Waals surface area contributed by atoms with Crippen LogP contribution in [0.3, 0.4) is 0 Å². The van der Waals surface area contributed by atoms with E-state index in [4.69, 9.17) is 0 Å². The minimum absolute atomic E-state index is 0.0495.